The van der Waals surface area contributed by atoms with Crippen LogP contribution in [-0.4, -0.2) is 0 Å². The van der Waals surface area contributed by atoms with Crippen LogP contribution in [0.5, 0.6) is 0 Å². The lowest BCUT2D eigenvalue weighted by molar-refractivity contribution is -0.142. The molecule has 0 bridgehead atoms. The standard InChI is InChI=1S/C27H37F5/c1-2-3-4-5-6-19-9-13-22(14-10-19)23-15-11-20(12-16-23)7-8-21-17-24(28)26(25(29)18-21)27(30,31)32/h2-3,17-20,22-23H,4-16H2,1H3/b3-2+. The Hall–Kier alpha value is -1.39. The van der Waals surface area contributed by atoms with Gasteiger partial charge in [-0.05, 0) is 99.7 Å². The lowest BCUT2D eigenvalue weighted by Crippen LogP contribution is -2.26. The molecule has 0 N–H and O–H groups in total. The fraction of sp³-hybridized carbons (Fsp3) is 0.704. The lowest BCUT2D eigenvalue weighted by atomic mass is 9.68. The summed E-state index contributed by atoms with van der Waals surface area (Å²) < 4.78 is 65.8. The van der Waals surface area contributed by atoms with Crippen LogP contribution in [0.15, 0.2) is 24.3 Å². The van der Waals surface area contributed by atoms with Gasteiger partial charge in [-0.25, -0.2) is 8.78 Å². The summed E-state index contributed by atoms with van der Waals surface area (Å²) >= 11 is 0. The maximum absolute atomic E-state index is 13.8. The third kappa shape index (κ3) is 7.05. The van der Waals surface area contributed by atoms with Crippen LogP contribution in [0.4, 0.5) is 22.0 Å². The molecule has 2 aliphatic rings. The first kappa shape index (κ1) is 25.2. The Morgan fingerprint density at radius 3 is 1.78 bits per heavy atom. The van der Waals surface area contributed by atoms with Gasteiger partial charge in [-0.1, -0.05) is 44.3 Å². The van der Waals surface area contributed by atoms with Crippen molar-refractivity contribution in [3.05, 3.63) is 47.0 Å². The summed E-state index contributed by atoms with van der Waals surface area (Å²) in [7, 11) is 0. The van der Waals surface area contributed by atoms with Gasteiger partial charge in [0.15, 0.2) is 0 Å². The third-order valence-electron chi connectivity index (χ3n) is 7.89. The molecule has 0 saturated heterocycles. The number of benzene rings is 1. The van der Waals surface area contributed by atoms with E-state index in [-0.39, 0.29) is 0 Å². The van der Waals surface area contributed by atoms with E-state index in [9.17, 15) is 22.0 Å². The van der Waals surface area contributed by atoms with Crippen molar-refractivity contribution < 1.29 is 22.0 Å². The Balaban J connectivity index is 1.39. The van der Waals surface area contributed by atoms with Crippen molar-refractivity contribution in [2.75, 3.05) is 0 Å². The summed E-state index contributed by atoms with van der Waals surface area (Å²) in [6.07, 6.45) is 14.6. The Bertz CT molecular complexity index is 712. The number of unbranched alkanes of at least 4 members (excludes halogenated alkanes) is 1. The number of hydrogen-bond acceptors (Lipinski definition) is 0. The fourth-order valence-electron chi connectivity index (χ4n) is 6.00. The van der Waals surface area contributed by atoms with E-state index in [1.54, 1.807) is 0 Å². The van der Waals surface area contributed by atoms with Crippen LogP contribution in [0.25, 0.3) is 0 Å². The van der Waals surface area contributed by atoms with Gasteiger partial charge in [0, 0.05) is 0 Å². The second-order valence-electron chi connectivity index (χ2n) is 10.0. The molecule has 0 atom stereocenters. The van der Waals surface area contributed by atoms with Crippen molar-refractivity contribution in [2.45, 2.75) is 96.6 Å². The van der Waals surface area contributed by atoms with Gasteiger partial charge in [0.25, 0.3) is 0 Å². The van der Waals surface area contributed by atoms with E-state index in [0.717, 1.165) is 49.1 Å². The van der Waals surface area contributed by atoms with Crippen LogP contribution in [0.2, 0.25) is 0 Å². The second kappa shape index (κ2) is 11.7. The average molecular weight is 457 g/mol. The van der Waals surface area contributed by atoms with Gasteiger partial charge in [-0.2, -0.15) is 13.2 Å². The summed E-state index contributed by atoms with van der Waals surface area (Å²) in [4.78, 5) is 0. The Kier molecular flexibility index (Phi) is 9.19. The van der Waals surface area contributed by atoms with Gasteiger partial charge < -0.3 is 0 Å². The highest BCUT2D eigenvalue weighted by atomic mass is 19.4. The van der Waals surface area contributed by atoms with Crippen molar-refractivity contribution in [2.24, 2.45) is 23.7 Å². The monoisotopic (exact) mass is 456 g/mol. The third-order valence-corrected chi connectivity index (χ3v) is 7.89. The molecule has 0 unspecified atom stereocenters. The van der Waals surface area contributed by atoms with Crippen LogP contribution in [-0.2, 0) is 12.6 Å². The number of halogens is 5. The molecule has 1 aromatic rings. The summed E-state index contributed by atoms with van der Waals surface area (Å²) in [6.45, 7) is 2.08. The van der Waals surface area contributed by atoms with Crippen LogP contribution in [0.3, 0.4) is 0 Å². The zero-order valence-electron chi connectivity index (χ0n) is 19.2. The van der Waals surface area contributed by atoms with E-state index in [1.165, 1.54) is 57.8 Å². The predicted octanol–water partition coefficient (Wildman–Crippen LogP) is 9.28. The summed E-state index contributed by atoms with van der Waals surface area (Å²) in [6, 6.07) is 1.71. The lowest BCUT2D eigenvalue weighted by Gasteiger charge is -2.38. The van der Waals surface area contributed by atoms with Crippen molar-refractivity contribution in [3.63, 3.8) is 0 Å². The van der Waals surface area contributed by atoms with Crippen molar-refractivity contribution in [1.29, 1.82) is 0 Å². The number of alkyl halides is 3. The second-order valence-corrected chi connectivity index (χ2v) is 10.0. The summed E-state index contributed by atoms with van der Waals surface area (Å²) in [5, 5.41) is 0. The molecule has 32 heavy (non-hydrogen) atoms. The molecule has 1 aromatic carbocycles. The van der Waals surface area contributed by atoms with E-state index in [4.69, 9.17) is 0 Å². The molecule has 0 amide bonds. The molecule has 2 fully saturated rings. The van der Waals surface area contributed by atoms with E-state index < -0.39 is 23.4 Å². The minimum absolute atomic E-state index is 0.322. The van der Waals surface area contributed by atoms with Crippen LogP contribution in [0, 0.1) is 35.3 Å². The van der Waals surface area contributed by atoms with Gasteiger partial charge in [-0.3, -0.25) is 0 Å². The zero-order chi connectivity index (χ0) is 23.1. The normalized spacial score (nSPS) is 27.2. The molecule has 0 aliphatic heterocycles. The minimum Gasteiger partial charge on any atom is -0.206 e. The average Bonchev–Trinajstić information content (AvgIpc) is 2.75. The number of aryl methyl sites for hydroxylation is 1. The van der Waals surface area contributed by atoms with Crippen molar-refractivity contribution in [1.82, 2.24) is 0 Å². The molecule has 3 rings (SSSR count). The first-order valence-electron chi connectivity index (χ1n) is 12.4. The molecule has 0 nitrogen and oxygen atoms in total. The number of rotatable bonds is 8. The molecule has 5 heteroatoms. The van der Waals surface area contributed by atoms with E-state index in [1.807, 2.05) is 0 Å². The van der Waals surface area contributed by atoms with Gasteiger partial charge in [0.05, 0.1) is 0 Å². The quantitative estimate of drug-likeness (QED) is 0.208. The Labute approximate surface area is 189 Å². The maximum Gasteiger partial charge on any atom is 0.422 e. The topological polar surface area (TPSA) is 0 Å². The molecule has 0 spiro atoms. The zero-order valence-corrected chi connectivity index (χ0v) is 19.2. The molecule has 0 radical (unpaired) electrons. The van der Waals surface area contributed by atoms with Gasteiger partial charge in [-0.15, -0.1) is 0 Å². The van der Waals surface area contributed by atoms with Crippen LogP contribution in [0.1, 0.15) is 95.1 Å². The fourth-order valence-corrected chi connectivity index (χ4v) is 6.00. The van der Waals surface area contributed by atoms with Crippen LogP contribution < -0.4 is 0 Å². The minimum atomic E-state index is -5.00. The number of hydrogen-bond donors (Lipinski definition) is 0. The van der Waals surface area contributed by atoms with Crippen LogP contribution >= 0.6 is 0 Å². The highest BCUT2D eigenvalue weighted by Gasteiger charge is 2.38. The SMILES string of the molecule is C/C=C/CCCC1CCC(C2CCC(CCc3cc(F)c(C(F)(F)F)c(F)c3)CC2)CC1. The smallest absolute Gasteiger partial charge is 0.206 e. The number of allylic oxidation sites excluding steroid dienone is 2. The molecule has 2 saturated carbocycles. The highest BCUT2D eigenvalue weighted by Crippen LogP contribution is 2.43. The van der Waals surface area contributed by atoms with Gasteiger partial charge in [0.1, 0.15) is 17.2 Å². The summed E-state index contributed by atoms with van der Waals surface area (Å²) in [5.74, 6) is 0.0410. The van der Waals surface area contributed by atoms with Gasteiger partial charge in [0.2, 0.25) is 0 Å². The largest absolute Gasteiger partial charge is 0.422 e. The molecular weight excluding hydrogens is 419 g/mol. The molecule has 0 aromatic heterocycles. The maximum atomic E-state index is 13.8. The Morgan fingerprint density at radius 2 is 1.31 bits per heavy atom. The molecule has 0 heterocycles. The summed E-state index contributed by atoms with van der Waals surface area (Å²) in [5.41, 5.74) is -1.46. The van der Waals surface area contributed by atoms with Crippen molar-refractivity contribution >= 4 is 0 Å². The van der Waals surface area contributed by atoms with E-state index in [0.29, 0.717) is 17.9 Å². The molecule has 180 valence electrons. The first-order valence-corrected chi connectivity index (χ1v) is 12.4. The highest BCUT2D eigenvalue weighted by molar-refractivity contribution is 5.28. The van der Waals surface area contributed by atoms with E-state index in [2.05, 4.69) is 19.1 Å². The first-order chi connectivity index (χ1) is 15.3. The predicted molar refractivity (Wildman–Crippen MR) is 119 cm³/mol. The molecular formula is C27H37F5. The Morgan fingerprint density at radius 1 is 0.812 bits per heavy atom. The van der Waals surface area contributed by atoms with Crippen molar-refractivity contribution in [3.8, 4) is 0 Å². The van der Waals surface area contributed by atoms with E-state index >= 15 is 0 Å². The van der Waals surface area contributed by atoms with Gasteiger partial charge >= 0.3 is 6.18 Å². The molecule has 2 aliphatic carbocycles.